The first-order chi connectivity index (χ1) is 9.69. The molecule has 114 valence electrons. The van der Waals surface area contributed by atoms with Gasteiger partial charge in [-0.3, -0.25) is 0 Å². The largest absolute Gasteiger partial charge is 0.444 e. The maximum Gasteiger partial charge on any atom is 0.407 e. The standard InChI is InChI=1S/C15H16BrF2NO2/c1-15(2,3)21-14(20)19-7-5-4-6-11-12(16)8-10(17)9-13(11)18/h8-9H,5,7H2,1-3H3,(H,19,20). The molecule has 0 bridgehead atoms. The molecule has 0 radical (unpaired) electrons. The summed E-state index contributed by atoms with van der Waals surface area (Å²) in [4.78, 5) is 11.3. The average molecular weight is 360 g/mol. The number of nitrogens with one attached hydrogen (secondary N) is 1. The molecule has 6 heteroatoms. The second-order valence-electron chi connectivity index (χ2n) is 5.22. The zero-order valence-electron chi connectivity index (χ0n) is 12.0. The van der Waals surface area contributed by atoms with Gasteiger partial charge < -0.3 is 10.1 Å². The smallest absolute Gasteiger partial charge is 0.407 e. The van der Waals surface area contributed by atoms with E-state index in [-0.39, 0.29) is 16.6 Å². The van der Waals surface area contributed by atoms with E-state index in [1.807, 2.05) is 0 Å². The molecule has 3 nitrogen and oxygen atoms in total. The molecule has 1 aromatic rings. The minimum absolute atomic E-state index is 0.0914. The Morgan fingerprint density at radius 3 is 2.62 bits per heavy atom. The van der Waals surface area contributed by atoms with E-state index in [9.17, 15) is 13.6 Å². The van der Waals surface area contributed by atoms with E-state index in [1.54, 1.807) is 20.8 Å². The van der Waals surface area contributed by atoms with Gasteiger partial charge in [0.2, 0.25) is 0 Å². The Hall–Kier alpha value is -1.61. The Kier molecular flexibility index (Phi) is 6.16. The lowest BCUT2D eigenvalue weighted by Crippen LogP contribution is -2.32. The molecule has 0 aliphatic carbocycles. The lowest BCUT2D eigenvalue weighted by molar-refractivity contribution is 0.0529. The van der Waals surface area contributed by atoms with Crippen LogP contribution in [0.2, 0.25) is 0 Å². The maximum absolute atomic E-state index is 13.5. The number of benzene rings is 1. The van der Waals surface area contributed by atoms with E-state index >= 15 is 0 Å². The number of carbonyl (C=O) groups is 1. The summed E-state index contributed by atoms with van der Waals surface area (Å²) in [5, 5.41) is 2.53. The van der Waals surface area contributed by atoms with E-state index in [1.165, 1.54) is 0 Å². The molecule has 0 atom stereocenters. The van der Waals surface area contributed by atoms with Crippen LogP contribution in [0.15, 0.2) is 16.6 Å². The number of ether oxygens (including phenoxy) is 1. The van der Waals surface area contributed by atoms with Crippen LogP contribution in [0, 0.1) is 23.5 Å². The molecule has 0 aromatic heterocycles. The fourth-order valence-electron chi connectivity index (χ4n) is 1.35. The van der Waals surface area contributed by atoms with Gasteiger partial charge in [-0.25, -0.2) is 13.6 Å². The highest BCUT2D eigenvalue weighted by atomic mass is 79.9. The molecule has 0 aliphatic heterocycles. The summed E-state index contributed by atoms with van der Waals surface area (Å²) < 4.78 is 31.7. The molecular formula is C15H16BrF2NO2. The predicted molar refractivity (Wildman–Crippen MR) is 79.8 cm³/mol. The third kappa shape index (κ3) is 6.58. The lowest BCUT2D eigenvalue weighted by Gasteiger charge is -2.19. The van der Waals surface area contributed by atoms with Crippen molar-refractivity contribution < 1.29 is 18.3 Å². The van der Waals surface area contributed by atoms with Crippen LogP contribution in [0.5, 0.6) is 0 Å². The van der Waals surface area contributed by atoms with Crippen molar-refractivity contribution in [2.75, 3.05) is 6.54 Å². The van der Waals surface area contributed by atoms with Crippen LogP contribution in [0.25, 0.3) is 0 Å². The first-order valence-corrected chi connectivity index (χ1v) is 7.08. The molecule has 0 saturated heterocycles. The van der Waals surface area contributed by atoms with Crippen LogP contribution in [-0.4, -0.2) is 18.2 Å². The molecule has 0 unspecified atom stereocenters. The van der Waals surface area contributed by atoms with E-state index < -0.39 is 23.3 Å². The highest BCUT2D eigenvalue weighted by Crippen LogP contribution is 2.20. The van der Waals surface area contributed by atoms with Crippen LogP contribution in [-0.2, 0) is 4.74 Å². The molecule has 0 saturated carbocycles. The Morgan fingerprint density at radius 2 is 2.05 bits per heavy atom. The van der Waals surface area contributed by atoms with Crippen molar-refractivity contribution in [3.63, 3.8) is 0 Å². The Morgan fingerprint density at radius 1 is 1.38 bits per heavy atom. The quantitative estimate of drug-likeness (QED) is 0.640. The van der Waals surface area contributed by atoms with E-state index in [0.717, 1.165) is 12.1 Å². The third-order valence-corrected chi connectivity index (χ3v) is 2.76. The minimum Gasteiger partial charge on any atom is -0.444 e. The monoisotopic (exact) mass is 359 g/mol. The van der Waals surface area contributed by atoms with Crippen molar-refractivity contribution in [3.05, 3.63) is 33.8 Å². The van der Waals surface area contributed by atoms with Gasteiger partial charge in [-0.2, -0.15) is 0 Å². The van der Waals surface area contributed by atoms with Crippen LogP contribution in [0.1, 0.15) is 32.8 Å². The van der Waals surface area contributed by atoms with Crippen molar-refractivity contribution >= 4 is 22.0 Å². The maximum atomic E-state index is 13.5. The molecule has 0 aliphatic rings. The van der Waals surface area contributed by atoms with Gasteiger partial charge in [0.1, 0.15) is 17.2 Å². The third-order valence-electron chi connectivity index (χ3n) is 2.14. The fourth-order valence-corrected chi connectivity index (χ4v) is 1.86. The molecule has 21 heavy (non-hydrogen) atoms. The molecule has 1 amide bonds. The van der Waals surface area contributed by atoms with Crippen LogP contribution in [0.3, 0.4) is 0 Å². The Bertz CT molecular complexity index is 563. The summed E-state index contributed by atoms with van der Waals surface area (Å²) in [5.74, 6) is 3.91. The number of amides is 1. The second kappa shape index (κ2) is 7.41. The summed E-state index contributed by atoms with van der Waals surface area (Å²) in [5.41, 5.74) is -0.466. The van der Waals surface area contributed by atoms with Gasteiger partial charge in [-0.1, -0.05) is 11.8 Å². The summed E-state index contributed by atoms with van der Waals surface area (Å²) in [6.07, 6.45) is -0.207. The van der Waals surface area contributed by atoms with Crippen LogP contribution in [0.4, 0.5) is 13.6 Å². The first kappa shape index (κ1) is 17.4. The summed E-state index contributed by atoms with van der Waals surface area (Å²) in [7, 11) is 0. The van der Waals surface area contributed by atoms with Gasteiger partial charge in [0, 0.05) is 23.5 Å². The zero-order valence-corrected chi connectivity index (χ0v) is 13.6. The van der Waals surface area contributed by atoms with Gasteiger partial charge in [-0.15, -0.1) is 0 Å². The van der Waals surface area contributed by atoms with Crippen molar-refractivity contribution in [1.29, 1.82) is 0 Å². The Balaban J connectivity index is 2.50. The highest BCUT2D eigenvalue weighted by Gasteiger charge is 2.15. The van der Waals surface area contributed by atoms with Crippen LogP contribution < -0.4 is 5.32 Å². The summed E-state index contributed by atoms with van der Waals surface area (Å²) in [6.45, 7) is 5.58. The SMILES string of the molecule is CC(C)(C)OC(=O)NCCC#Cc1c(F)cc(F)cc1Br. The molecule has 1 rings (SSSR count). The molecular weight excluding hydrogens is 344 g/mol. The fraction of sp³-hybridized carbons (Fsp3) is 0.400. The average Bonchev–Trinajstić information content (AvgIpc) is 2.29. The molecule has 0 heterocycles. The molecule has 0 fully saturated rings. The van der Waals surface area contributed by atoms with E-state index in [0.29, 0.717) is 6.42 Å². The van der Waals surface area contributed by atoms with Crippen molar-refractivity contribution in [1.82, 2.24) is 5.32 Å². The number of halogens is 3. The predicted octanol–water partition coefficient (Wildman–Crippen LogP) is 3.99. The van der Waals surface area contributed by atoms with Gasteiger partial charge in [0.05, 0.1) is 5.56 Å². The molecule has 1 aromatic carbocycles. The Labute approximate surface area is 131 Å². The second-order valence-corrected chi connectivity index (χ2v) is 6.08. The number of hydrogen-bond donors (Lipinski definition) is 1. The molecule has 0 spiro atoms. The topological polar surface area (TPSA) is 38.3 Å². The molecule has 1 N–H and O–H groups in total. The number of rotatable bonds is 2. The minimum atomic E-state index is -0.727. The van der Waals surface area contributed by atoms with E-state index in [4.69, 9.17) is 4.74 Å². The van der Waals surface area contributed by atoms with Gasteiger partial charge >= 0.3 is 6.09 Å². The number of alkyl carbamates (subject to hydrolysis) is 1. The van der Waals surface area contributed by atoms with Crippen LogP contribution >= 0.6 is 15.9 Å². The summed E-state index contributed by atoms with van der Waals surface area (Å²) in [6, 6.07) is 1.92. The lowest BCUT2D eigenvalue weighted by atomic mass is 10.2. The zero-order chi connectivity index (χ0) is 16.0. The normalized spacial score (nSPS) is 10.6. The summed E-state index contributed by atoms with van der Waals surface area (Å²) >= 11 is 3.05. The van der Waals surface area contributed by atoms with Gasteiger partial charge in [0.25, 0.3) is 0 Å². The van der Waals surface area contributed by atoms with Crippen molar-refractivity contribution in [3.8, 4) is 11.8 Å². The number of carbonyl (C=O) groups excluding carboxylic acids is 1. The van der Waals surface area contributed by atoms with Crippen molar-refractivity contribution in [2.45, 2.75) is 32.8 Å². The van der Waals surface area contributed by atoms with Gasteiger partial charge in [-0.05, 0) is 42.8 Å². The number of hydrogen-bond acceptors (Lipinski definition) is 2. The highest BCUT2D eigenvalue weighted by molar-refractivity contribution is 9.10. The van der Waals surface area contributed by atoms with Gasteiger partial charge in [0.15, 0.2) is 0 Å². The van der Waals surface area contributed by atoms with Crippen molar-refractivity contribution in [2.24, 2.45) is 0 Å². The first-order valence-electron chi connectivity index (χ1n) is 6.29. The van der Waals surface area contributed by atoms with E-state index in [2.05, 4.69) is 33.1 Å².